The standard InChI is InChI=1S/C14H20O3/c1-17-14(16)11-5-3-2-4-8-12-9-6-7-10-13(12)15/h2,4,9H,3,5-8,10-11H2,1H3/b4-2-. The number of carbonyl (C=O) groups excluding carboxylic acids is 2. The summed E-state index contributed by atoms with van der Waals surface area (Å²) >= 11 is 0. The van der Waals surface area contributed by atoms with E-state index in [1.807, 2.05) is 18.2 Å². The summed E-state index contributed by atoms with van der Waals surface area (Å²) in [5, 5.41) is 0. The van der Waals surface area contributed by atoms with Gasteiger partial charge in [0.1, 0.15) is 0 Å². The van der Waals surface area contributed by atoms with Gasteiger partial charge in [-0.2, -0.15) is 0 Å². The van der Waals surface area contributed by atoms with Gasteiger partial charge in [0.2, 0.25) is 0 Å². The van der Waals surface area contributed by atoms with Crippen LogP contribution in [-0.2, 0) is 14.3 Å². The Morgan fingerprint density at radius 3 is 3.00 bits per heavy atom. The van der Waals surface area contributed by atoms with Crippen LogP contribution in [0, 0.1) is 0 Å². The topological polar surface area (TPSA) is 43.4 Å². The molecular formula is C14H20O3. The van der Waals surface area contributed by atoms with Crippen LogP contribution >= 0.6 is 0 Å². The summed E-state index contributed by atoms with van der Waals surface area (Å²) in [6.07, 6.45) is 11.7. The van der Waals surface area contributed by atoms with E-state index >= 15 is 0 Å². The lowest BCUT2D eigenvalue weighted by molar-refractivity contribution is -0.140. The normalized spacial score (nSPS) is 16.1. The molecule has 0 heterocycles. The Morgan fingerprint density at radius 1 is 1.47 bits per heavy atom. The molecule has 0 aromatic rings. The van der Waals surface area contributed by atoms with Crippen molar-refractivity contribution < 1.29 is 14.3 Å². The zero-order valence-electron chi connectivity index (χ0n) is 10.4. The molecule has 0 radical (unpaired) electrons. The molecule has 0 atom stereocenters. The number of methoxy groups -OCH3 is 1. The maximum Gasteiger partial charge on any atom is 0.305 e. The van der Waals surface area contributed by atoms with Gasteiger partial charge in [-0.1, -0.05) is 18.2 Å². The van der Waals surface area contributed by atoms with Gasteiger partial charge in [-0.3, -0.25) is 9.59 Å². The average molecular weight is 236 g/mol. The summed E-state index contributed by atoms with van der Waals surface area (Å²) < 4.78 is 4.55. The molecule has 1 rings (SSSR count). The molecule has 0 N–H and O–H groups in total. The number of hydrogen-bond donors (Lipinski definition) is 0. The number of ether oxygens (including phenoxy) is 1. The summed E-state index contributed by atoms with van der Waals surface area (Å²) in [7, 11) is 1.40. The third kappa shape index (κ3) is 5.48. The van der Waals surface area contributed by atoms with Gasteiger partial charge >= 0.3 is 5.97 Å². The highest BCUT2D eigenvalue weighted by atomic mass is 16.5. The fourth-order valence-corrected chi connectivity index (χ4v) is 1.80. The van der Waals surface area contributed by atoms with Gasteiger partial charge in [-0.15, -0.1) is 0 Å². The van der Waals surface area contributed by atoms with Crippen molar-refractivity contribution in [2.24, 2.45) is 0 Å². The van der Waals surface area contributed by atoms with Crippen molar-refractivity contribution in [3.05, 3.63) is 23.8 Å². The molecule has 0 spiro atoms. The van der Waals surface area contributed by atoms with Crippen LogP contribution in [0.15, 0.2) is 23.8 Å². The van der Waals surface area contributed by atoms with Crippen molar-refractivity contribution in [3.8, 4) is 0 Å². The monoisotopic (exact) mass is 236 g/mol. The smallest absolute Gasteiger partial charge is 0.305 e. The van der Waals surface area contributed by atoms with Crippen molar-refractivity contribution in [2.45, 2.75) is 44.9 Å². The quantitative estimate of drug-likeness (QED) is 0.404. The zero-order valence-corrected chi connectivity index (χ0v) is 10.4. The number of Topliss-reactive ketones (excluding diaryl/α,β-unsaturated/α-hetero) is 1. The second kappa shape index (κ2) is 7.82. The maximum absolute atomic E-state index is 11.5. The van der Waals surface area contributed by atoms with Crippen LogP contribution in [0.1, 0.15) is 44.9 Å². The number of allylic oxidation sites excluding steroid dienone is 4. The molecule has 0 fully saturated rings. The van der Waals surface area contributed by atoms with E-state index in [0.717, 1.165) is 37.7 Å². The molecule has 0 saturated carbocycles. The highest BCUT2D eigenvalue weighted by Crippen LogP contribution is 2.17. The molecule has 0 amide bonds. The molecule has 94 valence electrons. The first-order valence-electron chi connectivity index (χ1n) is 6.18. The zero-order chi connectivity index (χ0) is 12.5. The Morgan fingerprint density at radius 2 is 2.29 bits per heavy atom. The van der Waals surface area contributed by atoms with E-state index in [9.17, 15) is 9.59 Å². The van der Waals surface area contributed by atoms with Crippen LogP contribution < -0.4 is 0 Å². The fraction of sp³-hybridized carbons (Fsp3) is 0.571. The van der Waals surface area contributed by atoms with E-state index in [1.54, 1.807) is 0 Å². The van der Waals surface area contributed by atoms with E-state index < -0.39 is 0 Å². The van der Waals surface area contributed by atoms with Gasteiger partial charge < -0.3 is 4.74 Å². The van der Waals surface area contributed by atoms with Gasteiger partial charge in [0.15, 0.2) is 5.78 Å². The molecule has 0 saturated heterocycles. The summed E-state index contributed by atoms with van der Waals surface area (Å²) in [5.41, 5.74) is 0.945. The van der Waals surface area contributed by atoms with Crippen LogP contribution in [0.3, 0.4) is 0 Å². The summed E-state index contributed by atoms with van der Waals surface area (Å²) in [5.74, 6) is 0.124. The summed E-state index contributed by atoms with van der Waals surface area (Å²) in [4.78, 5) is 22.3. The minimum absolute atomic E-state index is 0.163. The third-order valence-corrected chi connectivity index (χ3v) is 2.84. The van der Waals surface area contributed by atoms with Crippen LogP contribution in [0.25, 0.3) is 0 Å². The van der Waals surface area contributed by atoms with E-state index in [-0.39, 0.29) is 11.8 Å². The second-order valence-electron chi connectivity index (χ2n) is 4.19. The van der Waals surface area contributed by atoms with Crippen molar-refractivity contribution in [1.82, 2.24) is 0 Å². The van der Waals surface area contributed by atoms with E-state index in [4.69, 9.17) is 0 Å². The minimum Gasteiger partial charge on any atom is -0.469 e. The average Bonchev–Trinajstić information content (AvgIpc) is 2.35. The first-order chi connectivity index (χ1) is 8.24. The highest BCUT2D eigenvalue weighted by molar-refractivity contribution is 5.96. The molecule has 0 aromatic heterocycles. The van der Waals surface area contributed by atoms with Crippen molar-refractivity contribution in [2.75, 3.05) is 7.11 Å². The largest absolute Gasteiger partial charge is 0.469 e. The number of hydrogen-bond acceptors (Lipinski definition) is 3. The van der Waals surface area contributed by atoms with Gasteiger partial charge in [0, 0.05) is 12.8 Å². The van der Waals surface area contributed by atoms with E-state index in [1.165, 1.54) is 7.11 Å². The van der Waals surface area contributed by atoms with Crippen LogP contribution in [0.2, 0.25) is 0 Å². The molecular weight excluding hydrogens is 216 g/mol. The van der Waals surface area contributed by atoms with Crippen LogP contribution in [-0.4, -0.2) is 18.9 Å². The second-order valence-corrected chi connectivity index (χ2v) is 4.19. The molecule has 0 unspecified atom stereocenters. The van der Waals surface area contributed by atoms with Crippen LogP contribution in [0.5, 0.6) is 0 Å². The molecule has 3 heteroatoms. The predicted octanol–water partition coefficient (Wildman–Crippen LogP) is 2.96. The lowest BCUT2D eigenvalue weighted by Gasteiger charge is -2.08. The molecule has 0 aromatic carbocycles. The van der Waals surface area contributed by atoms with Gasteiger partial charge in [0.05, 0.1) is 7.11 Å². The Bertz CT molecular complexity index is 326. The number of ketones is 1. The summed E-state index contributed by atoms with van der Waals surface area (Å²) in [6, 6.07) is 0. The maximum atomic E-state index is 11.5. The Labute approximate surface area is 103 Å². The lowest BCUT2D eigenvalue weighted by atomic mass is 9.95. The van der Waals surface area contributed by atoms with Gasteiger partial charge in [-0.25, -0.2) is 0 Å². The predicted molar refractivity (Wildman–Crippen MR) is 66.6 cm³/mol. The number of carbonyl (C=O) groups is 2. The number of esters is 1. The molecule has 3 nitrogen and oxygen atoms in total. The lowest BCUT2D eigenvalue weighted by Crippen LogP contribution is -2.05. The number of rotatable bonds is 6. The molecule has 1 aliphatic carbocycles. The number of unbranched alkanes of at least 4 members (excludes halogenated alkanes) is 1. The van der Waals surface area contributed by atoms with E-state index in [2.05, 4.69) is 4.74 Å². The Kier molecular flexibility index (Phi) is 6.30. The molecule has 1 aliphatic rings. The fourth-order valence-electron chi connectivity index (χ4n) is 1.80. The molecule has 0 aliphatic heterocycles. The van der Waals surface area contributed by atoms with Gasteiger partial charge in [0.25, 0.3) is 0 Å². The first kappa shape index (κ1) is 13.7. The van der Waals surface area contributed by atoms with Crippen LogP contribution in [0.4, 0.5) is 0 Å². The summed E-state index contributed by atoms with van der Waals surface area (Å²) in [6.45, 7) is 0. The van der Waals surface area contributed by atoms with Crippen molar-refractivity contribution in [3.63, 3.8) is 0 Å². The minimum atomic E-state index is -0.163. The van der Waals surface area contributed by atoms with Gasteiger partial charge in [-0.05, 0) is 37.7 Å². The molecule has 17 heavy (non-hydrogen) atoms. The first-order valence-corrected chi connectivity index (χ1v) is 6.18. The Balaban J connectivity index is 2.15. The molecule has 0 bridgehead atoms. The third-order valence-electron chi connectivity index (χ3n) is 2.84. The highest BCUT2D eigenvalue weighted by Gasteiger charge is 2.11. The Hall–Kier alpha value is -1.38. The van der Waals surface area contributed by atoms with Crippen molar-refractivity contribution >= 4 is 11.8 Å². The van der Waals surface area contributed by atoms with Crippen molar-refractivity contribution in [1.29, 1.82) is 0 Å². The van der Waals surface area contributed by atoms with E-state index in [0.29, 0.717) is 12.8 Å². The SMILES string of the molecule is COC(=O)CCC/C=C\CC1=CCCCC1=O.